The number of nitrogens with one attached hydrogen (secondary N) is 1. The Kier molecular flexibility index (Phi) is 2.82. The maximum atomic E-state index is 12.4. The molecule has 1 heterocycles. The minimum atomic E-state index is -0.461. The molecule has 2 aromatic rings. The molecule has 0 saturated heterocycles. The van der Waals surface area contributed by atoms with E-state index in [1.807, 2.05) is 18.2 Å². The van der Waals surface area contributed by atoms with E-state index in [1.165, 1.54) is 0 Å². The van der Waals surface area contributed by atoms with Gasteiger partial charge in [0.2, 0.25) is 5.91 Å². The predicted octanol–water partition coefficient (Wildman–Crippen LogP) is 3.31. The first-order valence-electron chi connectivity index (χ1n) is 6.11. The van der Waals surface area contributed by atoms with Gasteiger partial charge in [-0.1, -0.05) is 28.9 Å². The van der Waals surface area contributed by atoms with Gasteiger partial charge in [-0.2, -0.15) is 0 Å². The van der Waals surface area contributed by atoms with E-state index < -0.39 is 5.41 Å². The Balaban J connectivity index is 1.83. The number of nitrogens with zero attached hydrogens (tertiary/aromatic N) is 1. The van der Waals surface area contributed by atoms with E-state index in [9.17, 15) is 4.79 Å². The number of amides is 1. The molecule has 5 heteroatoms. The number of aryl methyl sites for hydroxylation is 1. The van der Waals surface area contributed by atoms with Gasteiger partial charge in [-0.25, -0.2) is 0 Å². The van der Waals surface area contributed by atoms with Crippen molar-refractivity contribution in [2.75, 3.05) is 5.32 Å². The van der Waals surface area contributed by atoms with Crippen molar-refractivity contribution < 1.29 is 9.32 Å². The highest BCUT2D eigenvalue weighted by molar-refractivity contribution is 6.30. The predicted molar refractivity (Wildman–Crippen MR) is 72.2 cm³/mol. The number of carbonyl (C=O) groups excluding carboxylic acids is 1. The number of rotatable bonds is 3. The molecule has 1 aromatic heterocycles. The molecular formula is C14H13ClN2O2. The van der Waals surface area contributed by atoms with Crippen LogP contribution in [0.4, 0.5) is 5.82 Å². The lowest BCUT2D eigenvalue weighted by atomic mass is 9.95. The molecule has 0 radical (unpaired) electrons. The SMILES string of the molecule is Cc1cc(NC(=O)C2(c3cccc(Cl)c3)CC2)no1. The quantitative estimate of drug-likeness (QED) is 0.936. The maximum Gasteiger partial charge on any atom is 0.236 e. The van der Waals surface area contributed by atoms with E-state index in [4.69, 9.17) is 16.1 Å². The monoisotopic (exact) mass is 276 g/mol. The van der Waals surface area contributed by atoms with Gasteiger partial charge in [0.15, 0.2) is 5.82 Å². The van der Waals surface area contributed by atoms with Gasteiger partial charge in [0.05, 0.1) is 5.41 Å². The second-order valence-corrected chi connectivity index (χ2v) is 5.31. The minimum Gasteiger partial charge on any atom is -0.360 e. The van der Waals surface area contributed by atoms with E-state index in [-0.39, 0.29) is 5.91 Å². The summed E-state index contributed by atoms with van der Waals surface area (Å²) in [4.78, 5) is 12.4. The summed E-state index contributed by atoms with van der Waals surface area (Å²) in [5.74, 6) is 1.07. The average Bonchev–Trinajstić information content (AvgIpc) is 3.09. The van der Waals surface area contributed by atoms with Crippen molar-refractivity contribution in [1.29, 1.82) is 0 Å². The zero-order valence-electron chi connectivity index (χ0n) is 10.4. The first kappa shape index (κ1) is 12.2. The molecule has 0 atom stereocenters. The summed E-state index contributed by atoms with van der Waals surface area (Å²) >= 11 is 5.99. The fourth-order valence-electron chi connectivity index (χ4n) is 2.22. The number of benzene rings is 1. The van der Waals surface area contributed by atoms with Crippen LogP contribution in [-0.4, -0.2) is 11.1 Å². The molecule has 0 spiro atoms. The third kappa shape index (κ3) is 2.24. The number of anilines is 1. The molecule has 3 rings (SSSR count). The number of halogens is 1. The molecule has 98 valence electrons. The molecule has 1 N–H and O–H groups in total. The second-order valence-electron chi connectivity index (χ2n) is 4.87. The van der Waals surface area contributed by atoms with Gasteiger partial charge in [0.1, 0.15) is 5.76 Å². The first-order valence-corrected chi connectivity index (χ1v) is 6.49. The van der Waals surface area contributed by atoms with Gasteiger partial charge in [0.25, 0.3) is 0 Å². The lowest BCUT2D eigenvalue weighted by Crippen LogP contribution is -2.27. The molecule has 0 aliphatic heterocycles. The number of carbonyl (C=O) groups is 1. The van der Waals surface area contributed by atoms with Crippen molar-refractivity contribution in [1.82, 2.24) is 5.16 Å². The summed E-state index contributed by atoms with van der Waals surface area (Å²) < 4.78 is 4.94. The Morgan fingerprint density at radius 3 is 2.79 bits per heavy atom. The van der Waals surface area contributed by atoms with Crippen LogP contribution in [0, 0.1) is 6.92 Å². The molecular weight excluding hydrogens is 264 g/mol. The van der Waals surface area contributed by atoms with Crippen molar-refractivity contribution in [3.63, 3.8) is 0 Å². The Hall–Kier alpha value is -1.81. The van der Waals surface area contributed by atoms with Crippen LogP contribution >= 0.6 is 11.6 Å². The summed E-state index contributed by atoms with van der Waals surface area (Å²) in [5.41, 5.74) is 0.496. The van der Waals surface area contributed by atoms with Crippen LogP contribution in [0.3, 0.4) is 0 Å². The third-order valence-corrected chi connectivity index (χ3v) is 3.67. The number of hydrogen-bond acceptors (Lipinski definition) is 3. The Morgan fingerprint density at radius 1 is 1.42 bits per heavy atom. The van der Waals surface area contributed by atoms with E-state index >= 15 is 0 Å². The lowest BCUT2D eigenvalue weighted by Gasteiger charge is -2.14. The summed E-state index contributed by atoms with van der Waals surface area (Å²) in [6.45, 7) is 1.78. The molecule has 1 aliphatic carbocycles. The standard InChI is InChI=1S/C14H13ClN2O2/c1-9-7-12(17-19-9)16-13(18)14(5-6-14)10-3-2-4-11(15)8-10/h2-4,7-8H,5-6H2,1H3,(H,16,17,18). The van der Waals surface area contributed by atoms with Crippen LogP contribution in [0.1, 0.15) is 24.2 Å². The highest BCUT2D eigenvalue weighted by Gasteiger charge is 2.51. The molecule has 0 bridgehead atoms. The molecule has 19 heavy (non-hydrogen) atoms. The van der Waals surface area contributed by atoms with Gasteiger partial charge < -0.3 is 9.84 Å². The zero-order valence-corrected chi connectivity index (χ0v) is 11.2. The molecule has 1 fully saturated rings. The van der Waals surface area contributed by atoms with E-state index in [0.717, 1.165) is 18.4 Å². The Bertz CT molecular complexity index is 632. The number of aromatic nitrogens is 1. The van der Waals surface area contributed by atoms with E-state index in [1.54, 1.807) is 19.1 Å². The largest absolute Gasteiger partial charge is 0.360 e. The van der Waals surface area contributed by atoms with Crippen LogP contribution in [-0.2, 0) is 10.2 Å². The zero-order chi connectivity index (χ0) is 13.5. The second kappa shape index (κ2) is 4.38. The van der Waals surface area contributed by atoms with Gasteiger partial charge in [-0.3, -0.25) is 4.79 Å². The summed E-state index contributed by atoms with van der Waals surface area (Å²) in [5, 5.41) is 7.22. The van der Waals surface area contributed by atoms with Crippen LogP contribution in [0.15, 0.2) is 34.9 Å². The normalized spacial score (nSPS) is 16.1. The van der Waals surface area contributed by atoms with Gasteiger partial charge in [-0.15, -0.1) is 0 Å². The van der Waals surface area contributed by atoms with Crippen molar-refractivity contribution in [3.8, 4) is 0 Å². The molecule has 1 aromatic carbocycles. The van der Waals surface area contributed by atoms with Crippen LogP contribution in [0.25, 0.3) is 0 Å². The molecule has 4 nitrogen and oxygen atoms in total. The Morgan fingerprint density at radius 2 is 2.21 bits per heavy atom. The maximum absolute atomic E-state index is 12.4. The first-order chi connectivity index (χ1) is 9.10. The van der Waals surface area contributed by atoms with Gasteiger partial charge in [-0.05, 0) is 37.5 Å². The van der Waals surface area contributed by atoms with Crippen LogP contribution < -0.4 is 5.32 Å². The fraction of sp³-hybridized carbons (Fsp3) is 0.286. The summed E-state index contributed by atoms with van der Waals surface area (Å²) in [6, 6.07) is 9.16. The average molecular weight is 277 g/mol. The van der Waals surface area contributed by atoms with Crippen LogP contribution in [0.5, 0.6) is 0 Å². The topological polar surface area (TPSA) is 55.1 Å². The van der Waals surface area contributed by atoms with Crippen molar-refractivity contribution in [2.45, 2.75) is 25.2 Å². The Labute approximate surface area is 115 Å². The summed E-state index contributed by atoms with van der Waals surface area (Å²) in [7, 11) is 0. The van der Waals surface area contributed by atoms with E-state index in [0.29, 0.717) is 16.6 Å². The summed E-state index contributed by atoms with van der Waals surface area (Å²) in [6.07, 6.45) is 1.66. The smallest absolute Gasteiger partial charge is 0.236 e. The van der Waals surface area contributed by atoms with Crippen molar-refractivity contribution in [3.05, 3.63) is 46.7 Å². The van der Waals surface area contributed by atoms with Crippen LogP contribution in [0.2, 0.25) is 5.02 Å². The molecule has 1 saturated carbocycles. The molecule has 1 amide bonds. The fourth-order valence-corrected chi connectivity index (χ4v) is 2.41. The van der Waals surface area contributed by atoms with E-state index in [2.05, 4.69) is 10.5 Å². The lowest BCUT2D eigenvalue weighted by molar-refractivity contribution is -0.118. The highest BCUT2D eigenvalue weighted by atomic mass is 35.5. The van der Waals surface area contributed by atoms with Crippen molar-refractivity contribution in [2.24, 2.45) is 0 Å². The van der Waals surface area contributed by atoms with Gasteiger partial charge >= 0.3 is 0 Å². The third-order valence-electron chi connectivity index (χ3n) is 3.43. The van der Waals surface area contributed by atoms with Gasteiger partial charge in [0, 0.05) is 11.1 Å². The number of hydrogen-bond donors (Lipinski definition) is 1. The molecule has 0 unspecified atom stereocenters. The van der Waals surface area contributed by atoms with Crippen molar-refractivity contribution >= 4 is 23.3 Å². The highest BCUT2D eigenvalue weighted by Crippen LogP contribution is 2.49. The minimum absolute atomic E-state index is 0.0527. The molecule has 1 aliphatic rings.